The Morgan fingerprint density at radius 2 is 1.64 bits per heavy atom. The third-order valence-electron chi connectivity index (χ3n) is 3.85. The molecule has 0 unspecified atom stereocenters. The van der Waals surface area contributed by atoms with Gasteiger partial charge in [0.15, 0.2) is 9.84 Å². The number of benzene rings is 2. The maximum Gasteiger partial charge on any atom is 0.251 e. The zero-order chi connectivity index (χ0) is 18.8. The van der Waals surface area contributed by atoms with Gasteiger partial charge in [-0.3, -0.25) is 4.79 Å². The lowest BCUT2D eigenvalue weighted by molar-refractivity contribution is 0.0945. The van der Waals surface area contributed by atoms with Crippen molar-refractivity contribution in [1.82, 2.24) is 5.32 Å². The van der Waals surface area contributed by atoms with Gasteiger partial charge in [0.25, 0.3) is 5.91 Å². The summed E-state index contributed by atoms with van der Waals surface area (Å²) in [6.45, 7) is 4.14. The van der Waals surface area contributed by atoms with Crippen LogP contribution in [-0.2, 0) is 15.3 Å². The molecule has 25 heavy (non-hydrogen) atoms. The SMILES string of the molecule is CC(C)(CNC(=O)c1cccc(S(C)(=O)=O)c1)c1c(Cl)cccc1Cl. The number of nitrogens with one attached hydrogen (secondary N) is 1. The van der Waals surface area contributed by atoms with Gasteiger partial charge in [-0.05, 0) is 35.9 Å². The van der Waals surface area contributed by atoms with E-state index in [4.69, 9.17) is 23.2 Å². The quantitative estimate of drug-likeness (QED) is 0.822. The van der Waals surface area contributed by atoms with Crippen LogP contribution in [0.4, 0.5) is 0 Å². The highest BCUT2D eigenvalue weighted by Gasteiger charge is 2.27. The lowest BCUT2D eigenvalue weighted by Crippen LogP contribution is -2.37. The fourth-order valence-electron chi connectivity index (χ4n) is 2.50. The Hall–Kier alpha value is -1.56. The molecule has 0 aliphatic carbocycles. The molecule has 134 valence electrons. The molecule has 0 radical (unpaired) electrons. The lowest BCUT2D eigenvalue weighted by Gasteiger charge is -2.27. The predicted molar refractivity (Wildman–Crippen MR) is 101 cm³/mol. The molecule has 7 heteroatoms. The van der Waals surface area contributed by atoms with Crippen LogP contribution in [0.3, 0.4) is 0 Å². The van der Waals surface area contributed by atoms with Gasteiger partial charge in [-0.25, -0.2) is 8.42 Å². The summed E-state index contributed by atoms with van der Waals surface area (Å²) in [4.78, 5) is 12.5. The second-order valence-corrected chi connectivity index (χ2v) is 9.29. The van der Waals surface area contributed by atoms with E-state index in [9.17, 15) is 13.2 Å². The van der Waals surface area contributed by atoms with Crippen molar-refractivity contribution in [3.63, 3.8) is 0 Å². The third kappa shape index (κ3) is 4.75. The van der Waals surface area contributed by atoms with E-state index in [0.717, 1.165) is 11.8 Å². The van der Waals surface area contributed by atoms with Crippen LogP contribution in [0.1, 0.15) is 29.8 Å². The first kappa shape index (κ1) is 19.8. The van der Waals surface area contributed by atoms with Crippen LogP contribution in [0.25, 0.3) is 0 Å². The maximum atomic E-state index is 12.4. The van der Waals surface area contributed by atoms with Gasteiger partial charge in [0.2, 0.25) is 0 Å². The molecule has 1 amide bonds. The molecule has 0 aliphatic rings. The van der Waals surface area contributed by atoms with Crippen molar-refractivity contribution < 1.29 is 13.2 Å². The van der Waals surface area contributed by atoms with E-state index in [2.05, 4.69) is 5.32 Å². The van der Waals surface area contributed by atoms with Crippen LogP contribution in [0, 0.1) is 0 Å². The molecule has 0 spiro atoms. The highest BCUT2D eigenvalue weighted by molar-refractivity contribution is 7.90. The third-order valence-corrected chi connectivity index (χ3v) is 5.59. The number of hydrogen-bond donors (Lipinski definition) is 1. The molecule has 0 bridgehead atoms. The molecular weight excluding hydrogens is 381 g/mol. The van der Waals surface area contributed by atoms with Crippen molar-refractivity contribution in [2.75, 3.05) is 12.8 Å². The number of amides is 1. The molecule has 2 rings (SSSR count). The minimum absolute atomic E-state index is 0.105. The van der Waals surface area contributed by atoms with Gasteiger partial charge < -0.3 is 5.32 Å². The van der Waals surface area contributed by atoms with Gasteiger partial charge in [-0.1, -0.05) is 49.2 Å². The largest absolute Gasteiger partial charge is 0.351 e. The van der Waals surface area contributed by atoms with Crippen LogP contribution in [-0.4, -0.2) is 27.1 Å². The molecule has 4 nitrogen and oxygen atoms in total. The highest BCUT2D eigenvalue weighted by atomic mass is 35.5. The Bertz CT molecular complexity index is 888. The molecule has 1 N–H and O–H groups in total. The van der Waals surface area contributed by atoms with Gasteiger partial charge in [-0.15, -0.1) is 0 Å². The van der Waals surface area contributed by atoms with Crippen molar-refractivity contribution in [3.05, 3.63) is 63.6 Å². The Labute approximate surface area is 158 Å². The monoisotopic (exact) mass is 399 g/mol. The van der Waals surface area contributed by atoms with Gasteiger partial charge in [0.1, 0.15) is 0 Å². The fourth-order valence-corrected chi connectivity index (χ4v) is 4.08. The fraction of sp³-hybridized carbons (Fsp3) is 0.278. The Morgan fingerprint density at radius 3 is 2.20 bits per heavy atom. The standard InChI is InChI=1S/C18H19Cl2NO3S/c1-18(2,16-14(19)8-5-9-15(16)20)11-21-17(22)12-6-4-7-13(10-12)25(3,23)24/h4-10H,11H2,1-3H3,(H,21,22). The van der Waals surface area contributed by atoms with Crippen molar-refractivity contribution in [3.8, 4) is 0 Å². The van der Waals surface area contributed by atoms with E-state index in [1.807, 2.05) is 13.8 Å². The summed E-state index contributed by atoms with van der Waals surface area (Å²) in [5.41, 5.74) is 0.534. The average molecular weight is 400 g/mol. The first-order valence-electron chi connectivity index (χ1n) is 7.55. The summed E-state index contributed by atoms with van der Waals surface area (Å²) in [7, 11) is -3.37. The minimum Gasteiger partial charge on any atom is -0.351 e. The van der Waals surface area contributed by atoms with Crippen LogP contribution >= 0.6 is 23.2 Å². The number of carbonyl (C=O) groups is 1. The highest BCUT2D eigenvalue weighted by Crippen LogP contribution is 2.35. The van der Waals surface area contributed by atoms with Crippen LogP contribution < -0.4 is 5.32 Å². The van der Waals surface area contributed by atoms with Gasteiger partial charge >= 0.3 is 0 Å². The summed E-state index contributed by atoms with van der Waals surface area (Å²) >= 11 is 12.5. The second kappa shape index (κ2) is 7.36. The summed E-state index contributed by atoms with van der Waals surface area (Å²) in [5.74, 6) is -0.359. The first-order valence-corrected chi connectivity index (χ1v) is 10.2. The summed E-state index contributed by atoms with van der Waals surface area (Å²) in [6.07, 6.45) is 1.10. The number of carbonyl (C=O) groups excluding carboxylic acids is 1. The molecule has 0 heterocycles. The van der Waals surface area contributed by atoms with Crippen molar-refractivity contribution in [1.29, 1.82) is 0 Å². The van der Waals surface area contributed by atoms with E-state index in [0.29, 0.717) is 16.6 Å². The van der Waals surface area contributed by atoms with Crippen LogP contribution in [0.5, 0.6) is 0 Å². The van der Waals surface area contributed by atoms with E-state index >= 15 is 0 Å². The van der Waals surface area contributed by atoms with Crippen LogP contribution in [0.2, 0.25) is 10.0 Å². The van der Waals surface area contributed by atoms with E-state index in [1.165, 1.54) is 12.1 Å². The van der Waals surface area contributed by atoms with Gasteiger partial charge in [-0.2, -0.15) is 0 Å². The number of halogens is 2. The van der Waals surface area contributed by atoms with Crippen LogP contribution in [0.15, 0.2) is 47.4 Å². The Kier molecular flexibility index (Phi) is 5.82. The van der Waals surface area contributed by atoms with Crippen molar-refractivity contribution >= 4 is 38.9 Å². The summed E-state index contributed by atoms with van der Waals surface area (Å²) in [6, 6.07) is 11.2. The zero-order valence-corrected chi connectivity index (χ0v) is 16.5. The first-order chi connectivity index (χ1) is 11.5. The average Bonchev–Trinajstić information content (AvgIpc) is 2.51. The molecule has 0 aromatic heterocycles. The van der Waals surface area contributed by atoms with E-state index in [1.54, 1.807) is 30.3 Å². The normalized spacial score (nSPS) is 12.0. The molecule has 0 saturated carbocycles. The summed E-state index contributed by atoms with van der Waals surface area (Å²) < 4.78 is 23.2. The molecule has 0 aliphatic heterocycles. The van der Waals surface area contributed by atoms with E-state index in [-0.39, 0.29) is 16.4 Å². The molecule has 2 aromatic rings. The molecule has 0 fully saturated rings. The zero-order valence-electron chi connectivity index (χ0n) is 14.1. The second-order valence-electron chi connectivity index (χ2n) is 6.46. The lowest BCUT2D eigenvalue weighted by atomic mass is 9.84. The number of sulfone groups is 1. The summed E-state index contributed by atoms with van der Waals surface area (Å²) in [5, 5.41) is 3.89. The molecule has 0 atom stereocenters. The molecule has 0 saturated heterocycles. The molecule has 2 aromatic carbocycles. The van der Waals surface area contributed by atoms with Gasteiger partial charge in [0, 0.05) is 33.8 Å². The van der Waals surface area contributed by atoms with Crippen molar-refractivity contribution in [2.24, 2.45) is 0 Å². The maximum absolute atomic E-state index is 12.4. The van der Waals surface area contributed by atoms with Gasteiger partial charge in [0.05, 0.1) is 4.90 Å². The number of hydrogen-bond acceptors (Lipinski definition) is 3. The number of rotatable bonds is 5. The Balaban J connectivity index is 2.19. The Morgan fingerprint density at radius 1 is 1.08 bits per heavy atom. The minimum atomic E-state index is -3.37. The van der Waals surface area contributed by atoms with Crippen molar-refractivity contribution in [2.45, 2.75) is 24.2 Å². The molecular formula is C18H19Cl2NO3S. The smallest absolute Gasteiger partial charge is 0.251 e. The van der Waals surface area contributed by atoms with E-state index < -0.39 is 15.3 Å². The topological polar surface area (TPSA) is 63.2 Å². The predicted octanol–water partition coefficient (Wildman–Crippen LogP) is 4.10.